The largest absolute Gasteiger partial charge is 0.461 e. The summed E-state index contributed by atoms with van der Waals surface area (Å²) in [6.45, 7) is 4.21. The number of carbonyl (C=O) groups excluding carboxylic acids is 3. The molecule has 134 valence electrons. The molecular weight excluding hydrogens is 330 g/mol. The fourth-order valence-corrected chi connectivity index (χ4v) is 3.04. The third-order valence-electron chi connectivity index (χ3n) is 4.68. The van der Waals surface area contributed by atoms with Crippen molar-refractivity contribution in [1.29, 1.82) is 0 Å². The van der Waals surface area contributed by atoms with Crippen LogP contribution in [0.1, 0.15) is 50.2 Å². The molecule has 0 atom stereocenters. The minimum atomic E-state index is -0.336. The topological polar surface area (TPSA) is 63.7 Å². The lowest BCUT2D eigenvalue weighted by Crippen LogP contribution is -2.31. The Balaban J connectivity index is 1.53. The molecule has 2 amide bonds. The van der Waals surface area contributed by atoms with Gasteiger partial charge in [-0.15, -0.1) is 0 Å². The van der Waals surface area contributed by atoms with Crippen LogP contribution < -0.4 is 0 Å². The Morgan fingerprint density at radius 2 is 1.73 bits per heavy atom. The van der Waals surface area contributed by atoms with Crippen molar-refractivity contribution in [2.45, 2.75) is 33.3 Å². The molecule has 0 unspecified atom stereocenters. The number of benzene rings is 2. The van der Waals surface area contributed by atoms with Gasteiger partial charge in [0.1, 0.15) is 6.61 Å². The quantitative estimate of drug-likeness (QED) is 0.591. The van der Waals surface area contributed by atoms with Gasteiger partial charge in [0.15, 0.2) is 0 Å². The lowest BCUT2D eigenvalue weighted by Gasteiger charge is -2.13. The van der Waals surface area contributed by atoms with Crippen LogP contribution in [0.25, 0.3) is 0 Å². The summed E-state index contributed by atoms with van der Waals surface area (Å²) in [6, 6.07) is 13.0. The van der Waals surface area contributed by atoms with E-state index in [0.717, 1.165) is 16.7 Å². The molecule has 2 aromatic carbocycles. The Hall–Kier alpha value is -2.95. The van der Waals surface area contributed by atoms with Gasteiger partial charge in [-0.1, -0.05) is 36.4 Å². The van der Waals surface area contributed by atoms with Crippen LogP contribution in [0, 0.1) is 13.8 Å². The summed E-state index contributed by atoms with van der Waals surface area (Å²) < 4.78 is 5.22. The van der Waals surface area contributed by atoms with Gasteiger partial charge < -0.3 is 4.74 Å². The van der Waals surface area contributed by atoms with Crippen LogP contribution in [0.2, 0.25) is 0 Å². The van der Waals surface area contributed by atoms with E-state index in [1.165, 1.54) is 4.90 Å². The molecule has 26 heavy (non-hydrogen) atoms. The number of hydrogen-bond acceptors (Lipinski definition) is 4. The molecule has 0 aromatic heterocycles. The second-order valence-corrected chi connectivity index (χ2v) is 6.44. The minimum absolute atomic E-state index is 0.165. The summed E-state index contributed by atoms with van der Waals surface area (Å²) in [4.78, 5) is 38.1. The van der Waals surface area contributed by atoms with E-state index < -0.39 is 0 Å². The third-order valence-corrected chi connectivity index (χ3v) is 4.68. The summed E-state index contributed by atoms with van der Waals surface area (Å²) in [5.41, 5.74) is 3.68. The first-order valence-electron chi connectivity index (χ1n) is 8.65. The number of esters is 1. The molecule has 0 saturated heterocycles. The number of carbonyl (C=O) groups is 3. The predicted octanol–water partition coefficient (Wildman–Crippen LogP) is 3.42. The number of rotatable bonds is 6. The number of nitrogens with zero attached hydrogens (tertiary/aromatic N) is 1. The molecule has 1 aliphatic rings. The minimum Gasteiger partial charge on any atom is -0.461 e. The summed E-state index contributed by atoms with van der Waals surface area (Å²) in [7, 11) is 0. The number of aryl methyl sites for hydroxylation is 1. The highest BCUT2D eigenvalue weighted by atomic mass is 16.5. The number of amides is 2. The Morgan fingerprint density at radius 3 is 2.46 bits per heavy atom. The van der Waals surface area contributed by atoms with Gasteiger partial charge in [-0.05, 0) is 43.0 Å². The molecule has 1 heterocycles. The first-order valence-corrected chi connectivity index (χ1v) is 8.65. The van der Waals surface area contributed by atoms with Gasteiger partial charge in [0.2, 0.25) is 0 Å². The molecule has 0 radical (unpaired) electrons. The van der Waals surface area contributed by atoms with E-state index in [-0.39, 0.29) is 37.4 Å². The van der Waals surface area contributed by atoms with Gasteiger partial charge in [-0.2, -0.15) is 0 Å². The molecule has 5 heteroatoms. The SMILES string of the molecule is Cc1ccc2c(c1C)C(=O)N(CCCC(=O)OCc1ccccc1)C2=O. The normalized spacial score (nSPS) is 13.1. The second-order valence-electron chi connectivity index (χ2n) is 6.44. The Kier molecular flexibility index (Phi) is 5.16. The molecule has 2 aromatic rings. The fraction of sp³-hybridized carbons (Fsp3) is 0.286. The van der Waals surface area contributed by atoms with Crippen LogP contribution in [-0.2, 0) is 16.1 Å². The summed E-state index contributed by atoms with van der Waals surface area (Å²) in [5, 5.41) is 0. The number of ether oxygens (including phenoxy) is 1. The maximum Gasteiger partial charge on any atom is 0.306 e. The average Bonchev–Trinajstić information content (AvgIpc) is 2.89. The molecule has 0 N–H and O–H groups in total. The van der Waals surface area contributed by atoms with E-state index in [0.29, 0.717) is 17.5 Å². The molecule has 0 spiro atoms. The van der Waals surface area contributed by atoms with Crippen molar-refractivity contribution in [2.24, 2.45) is 0 Å². The van der Waals surface area contributed by atoms with E-state index in [2.05, 4.69) is 0 Å². The molecule has 1 aliphatic heterocycles. The molecular formula is C21H21NO4. The monoisotopic (exact) mass is 351 g/mol. The lowest BCUT2D eigenvalue weighted by molar-refractivity contribution is -0.145. The Bertz CT molecular complexity index is 858. The van der Waals surface area contributed by atoms with Crippen molar-refractivity contribution in [3.05, 3.63) is 70.3 Å². The van der Waals surface area contributed by atoms with Crippen molar-refractivity contribution in [3.63, 3.8) is 0 Å². The van der Waals surface area contributed by atoms with Crippen molar-refractivity contribution in [2.75, 3.05) is 6.54 Å². The highest BCUT2D eigenvalue weighted by Crippen LogP contribution is 2.27. The lowest BCUT2D eigenvalue weighted by atomic mass is 9.99. The second kappa shape index (κ2) is 7.52. The number of fused-ring (bicyclic) bond motifs is 1. The molecule has 5 nitrogen and oxygen atoms in total. The molecule has 0 fully saturated rings. The van der Waals surface area contributed by atoms with Crippen molar-refractivity contribution in [1.82, 2.24) is 4.90 Å². The third kappa shape index (κ3) is 3.52. The van der Waals surface area contributed by atoms with Gasteiger partial charge in [-0.3, -0.25) is 19.3 Å². The highest BCUT2D eigenvalue weighted by molar-refractivity contribution is 6.22. The maximum atomic E-state index is 12.6. The predicted molar refractivity (Wildman–Crippen MR) is 96.8 cm³/mol. The zero-order chi connectivity index (χ0) is 18.7. The first kappa shape index (κ1) is 17.9. The smallest absolute Gasteiger partial charge is 0.306 e. The summed E-state index contributed by atoms with van der Waals surface area (Å²) in [5.74, 6) is -0.896. The Morgan fingerprint density at radius 1 is 1.00 bits per heavy atom. The van der Waals surface area contributed by atoms with Gasteiger partial charge in [0.05, 0.1) is 11.1 Å². The molecule has 3 rings (SSSR count). The highest BCUT2D eigenvalue weighted by Gasteiger charge is 2.36. The first-order chi connectivity index (χ1) is 12.5. The maximum absolute atomic E-state index is 12.6. The zero-order valence-electron chi connectivity index (χ0n) is 15.0. The van der Waals surface area contributed by atoms with Crippen LogP contribution in [0.15, 0.2) is 42.5 Å². The van der Waals surface area contributed by atoms with E-state index in [4.69, 9.17) is 4.74 Å². The van der Waals surface area contributed by atoms with Crippen LogP contribution in [0.5, 0.6) is 0 Å². The molecule has 0 saturated carbocycles. The van der Waals surface area contributed by atoms with E-state index in [1.807, 2.05) is 50.2 Å². The van der Waals surface area contributed by atoms with Gasteiger partial charge >= 0.3 is 5.97 Å². The van der Waals surface area contributed by atoms with Gasteiger partial charge in [0, 0.05) is 13.0 Å². The zero-order valence-corrected chi connectivity index (χ0v) is 15.0. The summed E-state index contributed by atoms with van der Waals surface area (Å²) in [6.07, 6.45) is 0.551. The Labute approximate surface area is 152 Å². The number of imide groups is 1. The van der Waals surface area contributed by atoms with Crippen molar-refractivity contribution in [3.8, 4) is 0 Å². The average molecular weight is 351 g/mol. The standard InChI is InChI=1S/C21H21NO4/c1-14-10-11-17-19(15(14)2)21(25)22(20(17)24)12-6-9-18(23)26-13-16-7-4-3-5-8-16/h3-5,7-8,10-11H,6,9,12-13H2,1-2H3. The van der Waals surface area contributed by atoms with Crippen molar-refractivity contribution < 1.29 is 19.1 Å². The molecule has 0 aliphatic carbocycles. The van der Waals surface area contributed by atoms with Gasteiger partial charge in [0.25, 0.3) is 11.8 Å². The van der Waals surface area contributed by atoms with Crippen LogP contribution in [-0.4, -0.2) is 29.2 Å². The summed E-state index contributed by atoms with van der Waals surface area (Å²) >= 11 is 0. The van der Waals surface area contributed by atoms with Crippen LogP contribution in [0.3, 0.4) is 0 Å². The number of hydrogen-bond donors (Lipinski definition) is 0. The van der Waals surface area contributed by atoms with Crippen LogP contribution >= 0.6 is 0 Å². The van der Waals surface area contributed by atoms with E-state index >= 15 is 0 Å². The van der Waals surface area contributed by atoms with Crippen LogP contribution in [0.4, 0.5) is 0 Å². The fourth-order valence-electron chi connectivity index (χ4n) is 3.04. The van der Waals surface area contributed by atoms with Crippen molar-refractivity contribution >= 4 is 17.8 Å². The van der Waals surface area contributed by atoms with Gasteiger partial charge in [-0.25, -0.2) is 0 Å². The molecule has 0 bridgehead atoms. The van der Waals surface area contributed by atoms with E-state index in [9.17, 15) is 14.4 Å². The van der Waals surface area contributed by atoms with E-state index in [1.54, 1.807) is 6.07 Å².